The minimum atomic E-state index is 0.123. The van der Waals surface area contributed by atoms with E-state index in [2.05, 4.69) is 58.6 Å². The molecule has 2 aromatic rings. The van der Waals surface area contributed by atoms with Gasteiger partial charge in [-0.2, -0.15) is 0 Å². The van der Waals surface area contributed by atoms with Crippen molar-refractivity contribution in [3.63, 3.8) is 0 Å². The average Bonchev–Trinajstić information content (AvgIpc) is 2.80. The van der Waals surface area contributed by atoms with Crippen LogP contribution in [0.5, 0.6) is 0 Å². The molecule has 0 N–H and O–H groups in total. The molecule has 0 atom stereocenters. The Labute approximate surface area is 128 Å². The summed E-state index contributed by atoms with van der Waals surface area (Å²) in [4.78, 5) is 2.55. The van der Waals surface area contributed by atoms with Gasteiger partial charge in [-0.15, -0.1) is 0 Å². The molecule has 2 heteroatoms. The second-order valence-electron chi connectivity index (χ2n) is 8.32. The summed E-state index contributed by atoms with van der Waals surface area (Å²) in [7, 11) is 0. The number of hydrogen-bond acceptors (Lipinski definition) is 2. The predicted molar refractivity (Wildman–Crippen MR) is 88.8 cm³/mol. The number of nitrogens with zero attached hydrogens (tertiary/aromatic N) is 1. The lowest BCUT2D eigenvalue weighted by Crippen LogP contribution is -2.44. The van der Waals surface area contributed by atoms with Gasteiger partial charge in [0.05, 0.1) is 6.26 Å². The van der Waals surface area contributed by atoms with E-state index >= 15 is 0 Å². The molecule has 2 heterocycles. The molecule has 0 saturated heterocycles. The van der Waals surface area contributed by atoms with Crippen molar-refractivity contribution in [1.29, 1.82) is 0 Å². The van der Waals surface area contributed by atoms with Gasteiger partial charge in [0.2, 0.25) is 0 Å². The molecular weight excluding hydrogens is 258 g/mol. The fourth-order valence-corrected chi connectivity index (χ4v) is 3.28. The summed E-state index contributed by atoms with van der Waals surface area (Å²) in [5, 5.41) is 1.29. The van der Waals surface area contributed by atoms with Crippen LogP contribution >= 0.6 is 0 Å². The second kappa shape index (κ2) is 4.61. The Morgan fingerprint density at radius 2 is 1.76 bits per heavy atom. The van der Waals surface area contributed by atoms with Gasteiger partial charge in [0.15, 0.2) is 0 Å². The first-order valence-corrected chi connectivity index (χ1v) is 7.95. The van der Waals surface area contributed by atoms with Crippen LogP contribution in [0.15, 0.2) is 22.8 Å². The topological polar surface area (TPSA) is 16.4 Å². The summed E-state index contributed by atoms with van der Waals surface area (Å²) >= 11 is 0. The van der Waals surface area contributed by atoms with E-state index in [4.69, 9.17) is 4.42 Å². The summed E-state index contributed by atoms with van der Waals surface area (Å²) < 4.78 is 6.01. The van der Waals surface area contributed by atoms with Crippen LogP contribution in [-0.4, -0.2) is 17.0 Å². The maximum absolute atomic E-state index is 6.01. The van der Waals surface area contributed by atoms with E-state index in [1.807, 2.05) is 6.26 Å². The van der Waals surface area contributed by atoms with Gasteiger partial charge in [0.1, 0.15) is 5.58 Å². The molecule has 0 fully saturated rings. The van der Waals surface area contributed by atoms with E-state index in [0.717, 1.165) is 25.1 Å². The summed E-state index contributed by atoms with van der Waals surface area (Å²) in [6.45, 7) is 15.7. The fraction of sp³-hybridized carbons (Fsp3) is 0.579. The molecule has 1 aliphatic heterocycles. The summed E-state index contributed by atoms with van der Waals surface area (Å²) in [6, 6.07) is 4.56. The zero-order chi connectivity index (χ0) is 15.4. The van der Waals surface area contributed by atoms with Crippen molar-refractivity contribution in [2.75, 3.05) is 6.54 Å². The molecule has 1 aromatic carbocycles. The largest absolute Gasteiger partial charge is 0.464 e. The van der Waals surface area contributed by atoms with E-state index in [1.54, 1.807) is 0 Å². The standard InChI is InChI=1S/C19H27NO/c1-18(2,3)16-12-21-17-14(16)8-7-13-9-10-20(11-15(13)17)19(4,5)6/h7-8,12H,9-11H2,1-6H3. The molecule has 0 bridgehead atoms. The minimum absolute atomic E-state index is 0.123. The highest BCUT2D eigenvalue weighted by Gasteiger charge is 2.29. The highest BCUT2D eigenvalue weighted by Crippen LogP contribution is 2.37. The van der Waals surface area contributed by atoms with Crippen molar-refractivity contribution in [3.05, 3.63) is 35.1 Å². The quantitative estimate of drug-likeness (QED) is 0.685. The first-order chi connectivity index (χ1) is 9.68. The van der Waals surface area contributed by atoms with Gasteiger partial charge in [0, 0.05) is 35.1 Å². The van der Waals surface area contributed by atoms with Crippen LogP contribution in [0.3, 0.4) is 0 Å². The zero-order valence-electron chi connectivity index (χ0n) is 14.2. The summed E-state index contributed by atoms with van der Waals surface area (Å²) in [5.74, 6) is 0. The highest BCUT2D eigenvalue weighted by atomic mass is 16.3. The second-order valence-corrected chi connectivity index (χ2v) is 8.32. The lowest BCUT2D eigenvalue weighted by molar-refractivity contribution is 0.121. The molecule has 0 spiro atoms. The molecule has 0 saturated carbocycles. The molecule has 1 aliphatic rings. The van der Waals surface area contributed by atoms with Gasteiger partial charge in [-0.25, -0.2) is 0 Å². The molecule has 114 valence electrons. The molecule has 0 radical (unpaired) electrons. The molecular formula is C19H27NO. The molecule has 0 amide bonds. The molecule has 1 aromatic heterocycles. The summed E-state index contributed by atoms with van der Waals surface area (Å²) in [5.41, 5.74) is 5.60. The molecule has 0 unspecified atom stereocenters. The Hall–Kier alpha value is -1.28. The molecule has 0 aliphatic carbocycles. The number of rotatable bonds is 0. The van der Waals surface area contributed by atoms with Crippen LogP contribution in [-0.2, 0) is 18.4 Å². The van der Waals surface area contributed by atoms with Crippen molar-refractivity contribution in [3.8, 4) is 0 Å². The molecule has 21 heavy (non-hydrogen) atoms. The Kier molecular flexibility index (Phi) is 3.21. The maximum atomic E-state index is 6.01. The zero-order valence-corrected chi connectivity index (χ0v) is 14.2. The van der Waals surface area contributed by atoms with Crippen molar-refractivity contribution in [2.24, 2.45) is 0 Å². The predicted octanol–water partition coefficient (Wildman–Crippen LogP) is 4.89. The van der Waals surface area contributed by atoms with Crippen LogP contribution in [0.2, 0.25) is 0 Å². The fourth-order valence-electron chi connectivity index (χ4n) is 3.28. The monoisotopic (exact) mass is 285 g/mol. The molecule has 3 rings (SSSR count). The first kappa shape index (κ1) is 14.6. The Morgan fingerprint density at radius 1 is 1.05 bits per heavy atom. The highest BCUT2D eigenvalue weighted by molar-refractivity contribution is 5.86. The lowest BCUT2D eigenvalue weighted by Gasteiger charge is -2.39. The van der Waals surface area contributed by atoms with E-state index in [9.17, 15) is 0 Å². The van der Waals surface area contributed by atoms with Crippen LogP contribution in [0.25, 0.3) is 11.0 Å². The Morgan fingerprint density at radius 3 is 2.38 bits per heavy atom. The van der Waals surface area contributed by atoms with Crippen LogP contribution in [0.1, 0.15) is 58.2 Å². The van der Waals surface area contributed by atoms with Crippen LogP contribution in [0.4, 0.5) is 0 Å². The van der Waals surface area contributed by atoms with Gasteiger partial charge in [0.25, 0.3) is 0 Å². The van der Waals surface area contributed by atoms with E-state index in [-0.39, 0.29) is 11.0 Å². The van der Waals surface area contributed by atoms with E-state index < -0.39 is 0 Å². The van der Waals surface area contributed by atoms with Crippen molar-refractivity contribution in [2.45, 2.75) is 65.5 Å². The summed E-state index contributed by atoms with van der Waals surface area (Å²) in [6.07, 6.45) is 3.08. The van der Waals surface area contributed by atoms with Gasteiger partial charge in [-0.1, -0.05) is 32.9 Å². The molecule has 2 nitrogen and oxygen atoms in total. The maximum Gasteiger partial charge on any atom is 0.138 e. The van der Waals surface area contributed by atoms with Crippen LogP contribution < -0.4 is 0 Å². The number of hydrogen-bond donors (Lipinski definition) is 0. The van der Waals surface area contributed by atoms with Crippen LogP contribution in [0, 0.1) is 0 Å². The van der Waals surface area contributed by atoms with E-state index in [1.165, 1.54) is 22.1 Å². The van der Waals surface area contributed by atoms with Gasteiger partial charge in [-0.05, 0) is 38.2 Å². The van der Waals surface area contributed by atoms with Gasteiger partial charge in [-0.3, -0.25) is 4.90 Å². The lowest BCUT2D eigenvalue weighted by atomic mass is 9.85. The first-order valence-electron chi connectivity index (χ1n) is 7.95. The SMILES string of the molecule is CC(C)(C)c1coc2c3c(ccc12)CCN(C(C)(C)C)C3. The Bertz CT molecular complexity index is 667. The number of furan rings is 1. The number of fused-ring (bicyclic) bond motifs is 3. The third-order valence-corrected chi connectivity index (χ3v) is 4.70. The van der Waals surface area contributed by atoms with Gasteiger partial charge < -0.3 is 4.42 Å². The third-order valence-electron chi connectivity index (χ3n) is 4.70. The average molecular weight is 285 g/mol. The van der Waals surface area contributed by atoms with Crippen molar-refractivity contribution < 1.29 is 4.42 Å². The third kappa shape index (κ3) is 2.50. The minimum Gasteiger partial charge on any atom is -0.464 e. The Balaban J connectivity index is 2.11. The van der Waals surface area contributed by atoms with Crippen molar-refractivity contribution >= 4 is 11.0 Å². The van der Waals surface area contributed by atoms with Gasteiger partial charge >= 0.3 is 0 Å². The smallest absolute Gasteiger partial charge is 0.138 e. The normalized spacial score (nSPS) is 17.2. The van der Waals surface area contributed by atoms with E-state index in [0.29, 0.717) is 0 Å². The van der Waals surface area contributed by atoms with Crippen molar-refractivity contribution in [1.82, 2.24) is 4.90 Å². The number of benzene rings is 1.